The van der Waals surface area contributed by atoms with Gasteiger partial charge in [-0.25, -0.2) is 4.79 Å². The Morgan fingerprint density at radius 3 is 3.04 bits per heavy atom. The first-order chi connectivity index (χ1) is 11.7. The number of nitrogens with zero attached hydrogens (tertiary/aromatic N) is 1. The van der Waals surface area contributed by atoms with Crippen molar-refractivity contribution in [1.29, 1.82) is 0 Å². The quantitative estimate of drug-likeness (QED) is 0.638. The molecule has 0 saturated carbocycles. The molecule has 2 saturated heterocycles. The van der Waals surface area contributed by atoms with Gasteiger partial charge in [-0.2, -0.15) is 0 Å². The zero-order valence-electron chi connectivity index (χ0n) is 14.1. The lowest BCUT2D eigenvalue weighted by Crippen LogP contribution is -2.53. The average Bonchev–Trinajstić information content (AvgIpc) is 3.17. The summed E-state index contributed by atoms with van der Waals surface area (Å²) < 4.78 is 5.21. The van der Waals surface area contributed by atoms with E-state index in [0.717, 1.165) is 42.9 Å². The minimum absolute atomic E-state index is 0.0596. The van der Waals surface area contributed by atoms with Gasteiger partial charge in [0.1, 0.15) is 0 Å². The molecule has 3 aliphatic heterocycles. The smallest absolute Gasteiger partial charge is 0.336 e. The van der Waals surface area contributed by atoms with Crippen LogP contribution in [0.15, 0.2) is 47.2 Å². The van der Waals surface area contributed by atoms with Gasteiger partial charge in [-0.1, -0.05) is 29.8 Å². The first-order valence-corrected chi connectivity index (χ1v) is 8.79. The average molecular weight is 322 g/mol. The molecule has 0 radical (unpaired) electrons. The van der Waals surface area contributed by atoms with Gasteiger partial charge in [0, 0.05) is 36.4 Å². The number of carbonyl (C=O) groups is 1. The maximum Gasteiger partial charge on any atom is 0.336 e. The molecule has 4 nitrogen and oxygen atoms in total. The van der Waals surface area contributed by atoms with Crippen LogP contribution in [0.2, 0.25) is 0 Å². The number of hydrogen-bond donors (Lipinski definition) is 1. The van der Waals surface area contributed by atoms with Gasteiger partial charge in [-0.05, 0) is 31.4 Å². The third-order valence-electron chi connectivity index (χ3n) is 6.60. The number of esters is 1. The highest BCUT2D eigenvalue weighted by Gasteiger charge is 2.62. The van der Waals surface area contributed by atoms with Crippen LogP contribution in [0.4, 0.5) is 5.69 Å². The second kappa shape index (κ2) is 4.73. The molecule has 1 aromatic carbocycles. The van der Waals surface area contributed by atoms with Crippen LogP contribution in [0.5, 0.6) is 0 Å². The molecule has 124 valence electrons. The molecule has 1 aliphatic carbocycles. The SMILES string of the molecule is CC=C1CN2CC[C@@]34C(=C(C(=O)OC)[C@@H]1C[C@@H]23)Nc1ccccc14. The van der Waals surface area contributed by atoms with Gasteiger partial charge in [0.2, 0.25) is 0 Å². The van der Waals surface area contributed by atoms with E-state index < -0.39 is 0 Å². The molecule has 4 aliphatic rings. The summed E-state index contributed by atoms with van der Waals surface area (Å²) in [5.74, 6) is 0.0135. The maximum absolute atomic E-state index is 12.7. The van der Waals surface area contributed by atoms with Gasteiger partial charge < -0.3 is 10.1 Å². The second-order valence-electron chi connectivity index (χ2n) is 7.31. The lowest BCUT2D eigenvalue weighted by atomic mass is 9.62. The fourth-order valence-corrected chi connectivity index (χ4v) is 5.61. The van der Waals surface area contributed by atoms with Gasteiger partial charge >= 0.3 is 5.97 Å². The van der Waals surface area contributed by atoms with Crippen molar-refractivity contribution < 1.29 is 9.53 Å². The van der Waals surface area contributed by atoms with Crippen LogP contribution in [-0.2, 0) is 14.9 Å². The fraction of sp³-hybridized carbons (Fsp3) is 0.450. The van der Waals surface area contributed by atoms with Gasteiger partial charge in [-0.15, -0.1) is 0 Å². The predicted molar refractivity (Wildman–Crippen MR) is 92.6 cm³/mol. The normalized spacial score (nSPS) is 34.8. The van der Waals surface area contributed by atoms with Crippen molar-refractivity contribution in [3.8, 4) is 0 Å². The highest BCUT2D eigenvalue weighted by molar-refractivity contribution is 5.94. The molecule has 3 heterocycles. The number of carbonyl (C=O) groups excluding carboxylic acids is 1. The number of nitrogens with one attached hydrogen (secondary N) is 1. The van der Waals surface area contributed by atoms with Gasteiger partial charge in [-0.3, -0.25) is 4.90 Å². The largest absolute Gasteiger partial charge is 0.466 e. The van der Waals surface area contributed by atoms with Crippen LogP contribution in [-0.4, -0.2) is 37.1 Å². The second-order valence-corrected chi connectivity index (χ2v) is 7.31. The van der Waals surface area contributed by atoms with Crippen LogP contribution < -0.4 is 5.32 Å². The number of piperidine rings is 1. The van der Waals surface area contributed by atoms with Crippen molar-refractivity contribution in [2.75, 3.05) is 25.5 Å². The first-order valence-electron chi connectivity index (χ1n) is 8.79. The number of fused-ring (bicyclic) bond motifs is 2. The van der Waals surface area contributed by atoms with Gasteiger partial charge in [0.25, 0.3) is 0 Å². The molecular formula is C20H22N2O2. The summed E-state index contributed by atoms with van der Waals surface area (Å²) in [6.07, 6.45) is 4.28. The van der Waals surface area contributed by atoms with E-state index in [0.29, 0.717) is 6.04 Å². The third-order valence-corrected chi connectivity index (χ3v) is 6.60. The van der Waals surface area contributed by atoms with Gasteiger partial charge in [0.05, 0.1) is 18.1 Å². The molecule has 4 heteroatoms. The topological polar surface area (TPSA) is 41.6 Å². The van der Waals surface area contributed by atoms with E-state index in [1.807, 2.05) is 0 Å². The number of hydrogen-bond acceptors (Lipinski definition) is 4. The Balaban J connectivity index is 1.82. The van der Waals surface area contributed by atoms with E-state index in [1.165, 1.54) is 18.2 Å². The van der Waals surface area contributed by atoms with E-state index >= 15 is 0 Å². The molecule has 3 atom stereocenters. The Bertz CT molecular complexity index is 810. The third kappa shape index (κ3) is 1.50. The summed E-state index contributed by atoms with van der Waals surface area (Å²) in [7, 11) is 1.50. The molecule has 1 N–H and O–H groups in total. The Morgan fingerprint density at radius 2 is 2.25 bits per heavy atom. The molecule has 5 rings (SSSR count). The minimum Gasteiger partial charge on any atom is -0.466 e. The van der Waals surface area contributed by atoms with E-state index in [4.69, 9.17) is 4.74 Å². The molecule has 0 aromatic heterocycles. The first kappa shape index (κ1) is 14.3. The number of benzene rings is 1. The summed E-state index contributed by atoms with van der Waals surface area (Å²) in [5.41, 5.74) is 5.78. The standard InChI is InChI=1S/C20H22N2O2/c1-3-12-11-22-9-8-20-14-6-4-5-7-15(14)21-18(20)17(19(23)24-2)13(12)10-16(20)22/h3-7,13,16,21H,8-11H2,1-2H3/t13-,16-,20+/m1/s1. The number of ether oxygens (including phenoxy) is 1. The molecule has 24 heavy (non-hydrogen) atoms. The molecule has 1 aromatic rings. The highest BCUT2D eigenvalue weighted by Crippen LogP contribution is 2.61. The van der Waals surface area contributed by atoms with E-state index in [2.05, 4.69) is 47.5 Å². The number of para-hydroxylation sites is 1. The zero-order chi connectivity index (χ0) is 16.5. The highest BCUT2D eigenvalue weighted by atomic mass is 16.5. The molecule has 1 spiro atoms. The predicted octanol–water partition coefficient (Wildman–Crippen LogP) is 2.83. The van der Waals surface area contributed by atoms with Crippen LogP contribution in [0.25, 0.3) is 0 Å². The van der Waals surface area contributed by atoms with Crippen molar-refractivity contribution in [2.45, 2.75) is 31.2 Å². The number of allylic oxidation sites excluding steroid dienone is 1. The molecule has 0 unspecified atom stereocenters. The molecule has 2 fully saturated rings. The molecular weight excluding hydrogens is 300 g/mol. The summed E-state index contributed by atoms with van der Waals surface area (Å²) >= 11 is 0. The van der Waals surface area contributed by atoms with Crippen LogP contribution in [0.1, 0.15) is 25.3 Å². The van der Waals surface area contributed by atoms with E-state index in [1.54, 1.807) is 0 Å². The number of methoxy groups -OCH3 is 1. The lowest BCUT2D eigenvalue weighted by Gasteiger charge is -2.48. The zero-order valence-corrected chi connectivity index (χ0v) is 14.1. The summed E-state index contributed by atoms with van der Waals surface area (Å²) in [5, 5.41) is 3.62. The Hall–Kier alpha value is -2.07. The van der Waals surface area contributed by atoms with E-state index in [-0.39, 0.29) is 17.3 Å². The number of rotatable bonds is 1. The van der Waals surface area contributed by atoms with Gasteiger partial charge in [0.15, 0.2) is 0 Å². The Labute approximate surface area is 142 Å². The van der Waals surface area contributed by atoms with Crippen molar-refractivity contribution in [2.24, 2.45) is 5.92 Å². The lowest BCUT2D eigenvalue weighted by molar-refractivity contribution is -0.137. The summed E-state index contributed by atoms with van der Waals surface area (Å²) in [6.45, 7) is 4.15. The van der Waals surface area contributed by atoms with Crippen LogP contribution in [0, 0.1) is 5.92 Å². The Morgan fingerprint density at radius 1 is 1.42 bits per heavy atom. The maximum atomic E-state index is 12.7. The van der Waals surface area contributed by atoms with Crippen molar-refractivity contribution >= 4 is 11.7 Å². The monoisotopic (exact) mass is 322 g/mol. The Kier molecular flexibility index (Phi) is 2.82. The number of anilines is 1. The van der Waals surface area contributed by atoms with Crippen molar-refractivity contribution in [1.82, 2.24) is 4.90 Å². The summed E-state index contributed by atoms with van der Waals surface area (Å²) in [6, 6.07) is 9.03. The van der Waals surface area contributed by atoms with Crippen LogP contribution >= 0.6 is 0 Å². The van der Waals surface area contributed by atoms with Crippen LogP contribution in [0.3, 0.4) is 0 Å². The van der Waals surface area contributed by atoms with Crippen molar-refractivity contribution in [3.05, 3.63) is 52.7 Å². The minimum atomic E-state index is -0.173. The summed E-state index contributed by atoms with van der Waals surface area (Å²) in [4.78, 5) is 15.3. The fourth-order valence-electron chi connectivity index (χ4n) is 5.61. The van der Waals surface area contributed by atoms with Crippen molar-refractivity contribution in [3.63, 3.8) is 0 Å². The molecule has 2 bridgehead atoms. The molecule has 0 amide bonds. The van der Waals surface area contributed by atoms with E-state index in [9.17, 15) is 4.79 Å².